The number of rotatable bonds is 8. The summed E-state index contributed by atoms with van der Waals surface area (Å²) in [7, 11) is 2.15. The van der Waals surface area contributed by atoms with Crippen LogP contribution in [0.1, 0.15) is 45.7 Å². The Morgan fingerprint density at radius 1 is 1.20 bits per heavy atom. The SMILES string of the molecule is CCNC(c1ccccc1F)C(C)CN(C)C(C)CC. The topological polar surface area (TPSA) is 15.3 Å². The van der Waals surface area contributed by atoms with E-state index in [0.717, 1.165) is 25.1 Å². The van der Waals surface area contributed by atoms with E-state index >= 15 is 0 Å². The van der Waals surface area contributed by atoms with Crippen molar-refractivity contribution in [2.24, 2.45) is 5.92 Å². The van der Waals surface area contributed by atoms with Crippen molar-refractivity contribution in [3.63, 3.8) is 0 Å². The van der Waals surface area contributed by atoms with Crippen molar-refractivity contribution in [2.75, 3.05) is 20.1 Å². The Labute approximate surface area is 123 Å². The van der Waals surface area contributed by atoms with Gasteiger partial charge in [-0.3, -0.25) is 0 Å². The molecule has 1 aromatic carbocycles. The van der Waals surface area contributed by atoms with E-state index in [-0.39, 0.29) is 11.9 Å². The molecule has 114 valence electrons. The van der Waals surface area contributed by atoms with E-state index in [0.29, 0.717) is 12.0 Å². The normalized spacial score (nSPS) is 16.1. The maximum absolute atomic E-state index is 14.0. The highest BCUT2D eigenvalue weighted by Gasteiger charge is 2.23. The van der Waals surface area contributed by atoms with E-state index in [4.69, 9.17) is 0 Å². The molecule has 3 heteroatoms. The van der Waals surface area contributed by atoms with Crippen LogP contribution in [0.3, 0.4) is 0 Å². The maximum atomic E-state index is 14.0. The van der Waals surface area contributed by atoms with Crippen LogP contribution in [0.5, 0.6) is 0 Å². The Balaban J connectivity index is 2.83. The molecular weight excluding hydrogens is 251 g/mol. The molecule has 1 N–H and O–H groups in total. The molecule has 0 aliphatic heterocycles. The van der Waals surface area contributed by atoms with Crippen LogP contribution < -0.4 is 5.32 Å². The highest BCUT2D eigenvalue weighted by Crippen LogP contribution is 2.25. The van der Waals surface area contributed by atoms with E-state index in [2.05, 4.69) is 45.0 Å². The van der Waals surface area contributed by atoms with E-state index in [1.807, 2.05) is 12.1 Å². The Morgan fingerprint density at radius 3 is 2.40 bits per heavy atom. The number of hydrogen-bond acceptors (Lipinski definition) is 2. The smallest absolute Gasteiger partial charge is 0.127 e. The summed E-state index contributed by atoms with van der Waals surface area (Å²) >= 11 is 0. The lowest BCUT2D eigenvalue weighted by atomic mass is 9.93. The fourth-order valence-corrected chi connectivity index (χ4v) is 2.62. The third kappa shape index (κ3) is 4.57. The first-order chi connectivity index (χ1) is 9.51. The molecule has 0 bridgehead atoms. The maximum Gasteiger partial charge on any atom is 0.127 e. The first kappa shape index (κ1) is 17.1. The van der Waals surface area contributed by atoms with Crippen LogP contribution in [0.2, 0.25) is 0 Å². The Kier molecular flexibility index (Phi) is 7.17. The van der Waals surface area contributed by atoms with Gasteiger partial charge in [0.05, 0.1) is 0 Å². The molecular formula is C17H29FN2. The molecule has 3 atom stereocenters. The van der Waals surface area contributed by atoms with E-state index in [9.17, 15) is 4.39 Å². The highest BCUT2D eigenvalue weighted by atomic mass is 19.1. The second-order valence-electron chi connectivity index (χ2n) is 5.73. The van der Waals surface area contributed by atoms with Crippen LogP contribution in [0.15, 0.2) is 24.3 Å². The molecule has 0 aromatic heterocycles. The lowest BCUT2D eigenvalue weighted by Crippen LogP contribution is -2.38. The molecule has 20 heavy (non-hydrogen) atoms. The third-order valence-corrected chi connectivity index (χ3v) is 4.15. The molecule has 0 saturated heterocycles. The van der Waals surface area contributed by atoms with Gasteiger partial charge in [0.15, 0.2) is 0 Å². The molecule has 0 heterocycles. The van der Waals surface area contributed by atoms with Crippen molar-refractivity contribution < 1.29 is 4.39 Å². The predicted octanol–water partition coefficient (Wildman–Crippen LogP) is 3.84. The summed E-state index contributed by atoms with van der Waals surface area (Å²) in [5, 5.41) is 3.44. The molecule has 2 nitrogen and oxygen atoms in total. The zero-order chi connectivity index (χ0) is 15.1. The quantitative estimate of drug-likeness (QED) is 0.778. The van der Waals surface area contributed by atoms with Gasteiger partial charge in [-0.05, 0) is 38.9 Å². The Morgan fingerprint density at radius 2 is 1.85 bits per heavy atom. The van der Waals surface area contributed by atoms with Gasteiger partial charge >= 0.3 is 0 Å². The molecule has 1 rings (SSSR count). The predicted molar refractivity (Wildman–Crippen MR) is 84.4 cm³/mol. The van der Waals surface area contributed by atoms with Crippen LogP contribution in [0.25, 0.3) is 0 Å². The Bertz CT molecular complexity index is 394. The van der Waals surface area contributed by atoms with E-state index < -0.39 is 0 Å². The summed E-state index contributed by atoms with van der Waals surface area (Å²) in [6, 6.07) is 7.71. The monoisotopic (exact) mass is 280 g/mol. The molecule has 0 radical (unpaired) electrons. The summed E-state index contributed by atoms with van der Waals surface area (Å²) in [6.45, 7) is 10.5. The van der Waals surface area contributed by atoms with Crippen molar-refractivity contribution >= 4 is 0 Å². The lowest BCUT2D eigenvalue weighted by Gasteiger charge is -2.32. The van der Waals surface area contributed by atoms with Crippen molar-refractivity contribution in [3.05, 3.63) is 35.6 Å². The lowest BCUT2D eigenvalue weighted by molar-refractivity contribution is 0.196. The zero-order valence-electron chi connectivity index (χ0n) is 13.5. The molecule has 1 aromatic rings. The van der Waals surface area contributed by atoms with Gasteiger partial charge in [-0.25, -0.2) is 4.39 Å². The molecule has 0 fully saturated rings. The highest BCUT2D eigenvalue weighted by molar-refractivity contribution is 5.22. The van der Waals surface area contributed by atoms with Gasteiger partial charge in [-0.15, -0.1) is 0 Å². The van der Waals surface area contributed by atoms with Crippen LogP contribution in [-0.4, -0.2) is 31.1 Å². The molecule has 0 aliphatic carbocycles. The summed E-state index contributed by atoms with van der Waals surface area (Å²) in [4.78, 5) is 2.36. The summed E-state index contributed by atoms with van der Waals surface area (Å²) in [5.41, 5.74) is 0.777. The number of nitrogens with zero attached hydrogens (tertiary/aromatic N) is 1. The van der Waals surface area contributed by atoms with Gasteiger partial charge in [-0.1, -0.05) is 39.0 Å². The van der Waals surface area contributed by atoms with Gasteiger partial charge in [-0.2, -0.15) is 0 Å². The average Bonchev–Trinajstić information content (AvgIpc) is 2.44. The van der Waals surface area contributed by atoms with E-state index in [1.54, 1.807) is 12.1 Å². The first-order valence-corrected chi connectivity index (χ1v) is 7.69. The second-order valence-corrected chi connectivity index (χ2v) is 5.73. The van der Waals surface area contributed by atoms with Crippen molar-refractivity contribution in [1.29, 1.82) is 0 Å². The van der Waals surface area contributed by atoms with Crippen LogP contribution in [-0.2, 0) is 0 Å². The largest absolute Gasteiger partial charge is 0.310 e. The van der Waals surface area contributed by atoms with Gasteiger partial charge in [0.2, 0.25) is 0 Å². The van der Waals surface area contributed by atoms with Crippen molar-refractivity contribution in [3.8, 4) is 0 Å². The van der Waals surface area contributed by atoms with Gasteiger partial charge in [0.25, 0.3) is 0 Å². The van der Waals surface area contributed by atoms with Gasteiger partial charge < -0.3 is 10.2 Å². The molecule has 0 saturated carbocycles. The minimum Gasteiger partial charge on any atom is -0.310 e. The van der Waals surface area contributed by atoms with Crippen LogP contribution >= 0.6 is 0 Å². The molecule has 0 spiro atoms. The second kappa shape index (κ2) is 8.38. The number of hydrogen-bond donors (Lipinski definition) is 1. The number of benzene rings is 1. The van der Waals surface area contributed by atoms with Gasteiger partial charge in [0.1, 0.15) is 5.82 Å². The molecule has 0 aliphatic rings. The summed E-state index contributed by atoms with van der Waals surface area (Å²) in [6.07, 6.45) is 1.13. The minimum absolute atomic E-state index is 0.0627. The number of nitrogens with one attached hydrogen (secondary N) is 1. The van der Waals surface area contributed by atoms with Gasteiger partial charge in [0, 0.05) is 24.2 Å². The zero-order valence-corrected chi connectivity index (χ0v) is 13.5. The van der Waals surface area contributed by atoms with E-state index in [1.165, 1.54) is 0 Å². The van der Waals surface area contributed by atoms with Crippen molar-refractivity contribution in [1.82, 2.24) is 10.2 Å². The standard InChI is InChI=1S/C17H29FN2/c1-6-14(4)20(5)12-13(3)17(19-7-2)15-10-8-9-11-16(15)18/h8-11,13-14,17,19H,6-7,12H2,1-5H3. The summed E-state index contributed by atoms with van der Waals surface area (Å²) in [5.74, 6) is 0.238. The third-order valence-electron chi connectivity index (χ3n) is 4.15. The molecule has 0 amide bonds. The van der Waals surface area contributed by atoms with Crippen LogP contribution in [0.4, 0.5) is 4.39 Å². The fraction of sp³-hybridized carbons (Fsp3) is 0.647. The summed E-state index contributed by atoms with van der Waals surface area (Å²) < 4.78 is 14.0. The minimum atomic E-state index is -0.114. The van der Waals surface area contributed by atoms with Crippen molar-refractivity contribution in [2.45, 2.75) is 46.2 Å². The van der Waals surface area contributed by atoms with Crippen LogP contribution in [0, 0.1) is 11.7 Å². The first-order valence-electron chi connectivity index (χ1n) is 7.69. The fourth-order valence-electron chi connectivity index (χ4n) is 2.62. The molecule has 3 unspecified atom stereocenters. The average molecular weight is 280 g/mol. The Hall–Kier alpha value is -0.930. The number of halogens is 1.